The van der Waals surface area contributed by atoms with Gasteiger partial charge in [-0.1, -0.05) is 60.7 Å². The van der Waals surface area contributed by atoms with Gasteiger partial charge < -0.3 is 14.6 Å². The average molecular weight is 394 g/mol. The van der Waals surface area contributed by atoms with Crippen molar-refractivity contribution in [2.24, 2.45) is 0 Å². The second-order valence-corrected chi connectivity index (χ2v) is 7.10. The summed E-state index contributed by atoms with van der Waals surface area (Å²) in [5.74, 6) is 1.21. The van der Waals surface area contributed by atoms with Crippen LogP contribution in [0, 0.1) is 0 Å². The van der Waals surface area contributed by atoms with E-state index in [1.54, 1.807) is 30.3 Å². The van der Waals surface area contributed by atoms with Crippen LogP contribution in [0.4, 0.5) is 0 Å². The zero-order chi connectivity index (χ0) is 20.6. The highest BCUT2D eigenvalue weighted by atomic mass is 16.6. The van der Waals surface area contributed by atoms with Crippen LogP contribution in [0.1, 0.15) is 27.0 Å². The summed E-state index contributed by atoms with van der Waals surface area (Å²) in [6.45, 7) is 0. The number of ether oxygens (including phenoxy) is 2. The molecule has 0 radical (unpaired) electrons. The van der Waals surface area contributed by atoms with Crippen molar-refractivity contribution in [1.29, 1.82) is 0 Å². The number of hydrogen-bond donors (Lipinski definition) is 1. The molecule has 0 saturated heterocycles. The lowest BCUT2D eigenvalue weighted by Crippen LogP contribution is -2.29. The fourth-order valence-corrected chi connectivity index (χ4v) is 3.89. The lowest BCUT2D eigenvalue weighted by atomic mass is 9.80. The Balaban J connectivity index is 1.62. The molecule has 0 spiro atoms. The van der Waals surface area contributed by atoms with Gasteiger partial charge in [0, 0.05) is 16.7 Å². The number of carbonyl (C=O) groups excluding carboxylic acids is 1. The van der Waals surface area contributed by atoms with Gasteiger partial charge in [-0.2, -0.15) is 0 Å². The van der Waals surface area contributed by atoms with Crippen LogP contribution in [-0.4, -0.2) is 11.1 Å². The monoisotopic (exact) mass is 394 g/mol. The second-order valence-electron chi connectivity index (χ2n) is 7.10. The lowest BCUT2D eigenvalue weighted by Gasteiger charge is -2.30. The van der Waals surface area contributed by atoms with E-state index in [1.165, 1.54) is 0 Å². The molecule has 146 valence electrons. The second kappa shape index (κ2) is 7.08. The first-order chi connectivity index (χ1) is 14.7. The molecule has 4 aromatic rings. The first kappa shape index (κ1) is 18.0. The summed E-state index contributed by atoms with van der Waals surface area (Å²) in [5, 5.41) is 9.75. The molecule has 1 N–H and O–H groups in total. The van der Waals surface area contributed by atoms with Crippen molar-refractivity contribution in [1.82, 2.24) is 0 Å². The first-order valence-corrected chi connectivity index (χ1v) is 9.62. The molecule has 4 nitrogen and oxygen atoms in total. The number of esters is 1. The lowest BCUT2D eigenvalue weighted by molar-refractivity contribution is 0.0251. The average Bonchev–Trinajstić information content (AvgIpc) is 3.09. The van der Waals surface area contributed by atoms with E-state index in [-0.39, 0.29) is 11.7 Å². The van der Waals surface area contributed by atoms with Crippen molar-refractivity contribution in [3.63, 3.8) is 0 Å². The van der Waals surface area contributed by atoms with Gasteiger partial charge in [-0.3, -0.25) is 0 Å². The van der Waals surface area contributed by atoms with Gasteiger partial charge in [0.05, 0.1) is 5.56 Å². The van der Waals surface area contributed by atoms with Crippen molar-refractivity contribution in [2.45, 2.75) is 5.60 Å². The van der Waals surface area contributed by atoms with E-state index in [9.17, 15) is 9.90 Å². The highest BCUT2D eigenvalue weighted by molar-refractivity contribution is 5.96. The van der Waals surface area contributed by atoms with E-state index in [4.69, 9.17) is 9.47 Å². The minimum atomic E-state index is -1.09. The number of phenolic OH excluding ortho intramolecular Hbond substituents is 1. The zero-order valence-corrected chi connectivity index (χ0v) is 16.0. The summed E-state index contributed by atoms with van der Waals surface area (Å²) in [7, 11) is 0. The smallest absolute Gasteiger partial charge is 0.340 e. The minimum absolute atomic E-state index is 0.151. The molecule has 0 fully saturated rings. The summed E-state index contributed by atoms with van der Waals surface area (Å²) in [6, 6.07) is 31.2. The fraction of sp³-hybridized carbons (Fsp3) is 0.0385. The number of carbonyl (C=O) groups is 1. The molecule has 0 amide bonds. The molecule has 0 unspecified atom stereocenters. The van der Waals surface area contributed by atoms with E-state index in [1.807, 2.05) is 72.8 Å². The van der Waals surface area contributed by atoms with Gasteiger partial charge in [0.15, 0.2) is 5.60 Å². The molecule has 30 heavy (non-hydrogen) atoms. The predicted octanol–water partition coefficient (Wildman–Crippen LogP) is 5.65. The Hall–Kier alpha value is -4.05. The summed E-state index contributed by atoms with van der Waals surface area (Å²) in [6.07, 6.45) is 0. The molecule has 0 bridgehead atoms. The van der Waals surface area contributed by atoms with Gasteiger partial charge in [0.1, 0.15) is 17.2 Å². The van der Waals surface area contributed by atoms with Gasteiger partial charge in [-0.15, -0.1) is 0 Å². The number of benzene rings is 4. The zero-order valence-electron chi connectivity index (χ0n) is 16.0. The molecule has 1 aliphatic rings. The third-order valence-corrected chi connectivity index (χ3v) is 5.29. The van der Waals surface area contributed by atoms with Crippen LogP contribution in [0.2, 0.25) is 0 Å². The van der Waals surface area contributed by atoms with Gasteiger partial charge in [-0.05, 0) is 42.5 Å². The van der Waals surface area contributed by atoms with E-state index in [2.05, 4.69) is 0 Å². The number of aromatic hydroxyl groups is 1. The van der Waals surface area contributed by atoms with Crippen LogP contribution in [0.15, 0.2) is 103 Å². The van der Waals surface area contributed by atoms with E-state index in [0.717, 1.165) is 22.4 Å². The van der Waals surface area contributed by atoms with E-state index >= 15 is 0 Å². The quantitative estimate of drug-likeness (QED) is 0.455. The molecule has 4 heteroatoms. The van der Waals surface area contributed by atoms with Crippen LogP contribution in [0.3, 0.4) is 0 Å². The molecule has 5 rings (SSSR count). The van der Waals surface area contributed by atoms with Crippen molar-refractivity contribution < 1.29 is 19.4 Å². The molecular formula is C26H18O4. The largest absolute Gasteiger partial charge is 0.508 e. The van der Waals surface area contributed by atoms with Gasteiger partial charge >= 0.3 is 5.97 Å². The predicted molar refractivity (Wildman–Crippen MR) is 113 cm³/mol. The minimum Gasteiger partial charge on any atom is -0.508 e. The van der Waals surface area contributed by atoms with Crippen molar-refractivity contribution in [2.75, 3.05) is 0 Å². The van der Waals surface area contributed by atoms with Crippen LogP contribution in [-0.2, 0) is 10.3 Å². The number of rotatable bonds is 4. The molecule has 1 atom stereocenters. The van der Waals surface area contributed by atoms with Crippen LogP contribution >= 0.6 is 0 Å². The van der Waals surface area contributed by atoms with E-state index in [0.29, 0.717) is 11.3 Å². The third-order valence-electron chi connectivity index (χ3n) is 5.29. The number of hydrogen-bond acceptors (Lipinski definition) is 4. The number of phenols is 1. The van der Waals surface area contributed by atoms with Crippen molar-refractivity contribution in [3.8, 4) is 17.2 Å². The van der Waals surface area contributed by atoms with Crippen LogP contribution in [0.25, 0.3) is 0 Å². The van der Waals surface area contributed by atoms with Crippen LogP contribution in [0.5, 0.6) is 17.2 Å². The van der Waals surface area contributed by atoms with Gasteiger partial charge in [-0.25, -0.2) is 4.79 Å². The van der Waals surface area contributed by atoms with Crippen molar-refractivity contribution in [3.05, 3.63) is 125 Å². The molecular weight excluding hydrogens is 376 g/mol. The molecule has 0 aromatic heterocycles. The van der Waals surface area contributed by atoms with E-state index < -0.39 is 5.60 Å². The maximum absolute atomic E-state index is 12.7. The highest BCUT2D eigenvalue weighted by Crippen LogP contribution is 2.47. The summed E-state index contributed by atoms with van der Waals surface area (Å²) in [5.41, 5.74) is 1.78. The number of para-hydroxylation sites is 1. The molecule has 1 aliphatic heterocycles. The normalized spacial score (nSPS) is 17.3. The number of fused-ring (bicyclic) bond motifs is 1. The maximum Gasteiger partial charge on any atom is 0.340 e. The molecule has 4 aromatic carbocycles. The van der Waals surface area contributed by atoms with Gasteiger partial charge in [0.25, 0.3) is 0 Å². The SMILES string of the molecule is O=C1O[C@](c2ccc(O)cc2)(c2ccc(Oc3ccccc3)cc2)c2ccccc21. The van der Waals surface area contributed by atoms with Crippen molar-refractivity contribution >= 4 is 5.97 Å². The van der Waals surface area contributed by atoms with Crippen LogP contribution < -0.4 is 4.74 Å². The Kier molecular flexibility index (Phi) is 4.25. The third kappa shape index (κ3) is 2.90. The Morgan fingerprint density at radius 2 is 1.23 bits per heavy atom. The Labute approximate surface area is 174 Å². The Morgan fingerprint density at radius 1 is 0.667 bits per heavy atom. The molecule has 1 heterocycles. The Morgan fingerprint density at radius 3 is 1.93 bits per heavy atom. The number of cyclic esters (lactones) is 1. The summed E-state index contributed by atoms with van der Waals surface area (Å²) < 4.78 is 11.9. The molecule has 0 saturated carbocycles. The highest BCUT2D eigenvalue weighted by Gasteiger charge is 2.48. The topological polar surface area (TPSA) is 55.8 Å². The standard InChI is InChI=1S/C26H18O4/c27-20-14-10-18(11-15-20)26(24-9-5-4-8-23(24)25(28)30-26)19-12-16-22(17-13-19)29-21-6-2-1-3-7-21/h1-17,27H/t26-/m1/s1. The van der Waals surface area contributed by atoms with Gasteiger partial charge in [0.2, 0.25) is 0 Å². The maximum atomic E-state index is 12.7. The molecule has 0 aliphatic carbocycles. The first-order valence-electron chi connectivity index (χ1n) is 9.62. The summed E-state index contributed by atoms with van der Waals surface area (Å²) >= 11 is 0. The fourth-order valence-electron chi connectivity index (χ4n) is 3.89. The Bertz CT molecular complexity index is 1200. The summed E-state index contributed by atoms with van der Waals surface area (Å²) in [4.78, 5) is 12.7.